The van der Waals surface area contributed by atoms with Crippen molar-refractivity contribution in [2.45, 2.75) is 19.8 Å². The highest BCUT2D eigenvalue weighted by Gasteiger charge is 1.94. The lowest BCUT2D eigenvalue weighted by atomic mass is 10.4. The molecule has 9 heavy (non-hydrogen) atoms. The molecule has 1 aliphatic heterocycles. The van der Waals surface area contributed by atoms with Gasteiger partial charge in [-0.25, -0.2) is 0 Å². The highest BCUT2D eigenvalue weighted by Crippen LogP contribution is 1.98. The molecule has 1 fully saturated rings. The van der Waals surface area contributed by atoms with Gasteiger partial charge in [0.15, 0.2) is 0 Å². The number of nitrogens with two attached hydrogens (primary N) is 1. The predicted octanol–water partition coefficient (Wildman–Crippen LogP) is 0.288. The first-order valence-corrected chi connectivity index (χ1v) is 3.07. The van der Waals surface area contributed by atoms with Crippen molar-refractivity contribution in [1.29, 1.82) is 0 Å². The number of hydrogen-bond acceptors (Lipinski definition) is 2. The van der Waals surface area contributed by atoms with E-state index in [1.165, 1.54) is 19.8 Å². The molecule has 1 heterocycles. The van der Waals surface area contributed by atoms with Gasteiger partial charge in [0.25, 0.3) is 0 Å². The quantitative estimate of drug-likeness (QED) is 0.513. The summed E-state index contributed by atoms with van der Waals surface area (Å²) in [6, 6.07) is 0. The van der Waals surface area contributed by atoms with E-state index in [0.717, 1.165) is 13.2 Å². The number of primary amides is 1. The molecule has 1 amide bonds. The van der Waals surface area contributed by atoms with Crippen molar-refractivity contribution >= 4 is 5.91 Å². The van der Waals surface area contributed by atoms with Crippen LogP contribution in [0.4, 0.5) is 0 Å². The van der Waals surface area contributed by atoms with Crippen LogP contribution in [0, 0.1) is 0 Å². The predicted molar refractivity (Wildman–Crippen MR) is 34.9 cm³/mol. The van der Waals surface area contributed by atoms with Crippen molar-refractivity contribution in [2.24, 2.45) is 5.73 Å². The average molecular weight is 131 g/mol. The lowest BCUT2D eigenvalue weighted by Gasteiger charge is -1.76. The zero-order chi connectivity index (χ0) is 7.11. The van der Waals surface area contributed by atoms with Crippen LogP contribution in [0.15, 0.2) is 0 Å². The molecule has 0 atom stereocenters. The summed E-state index contributed by atoms with van der Waals surface area (Å²) in [6.07, 6.45) is 2.56. The lowest BCUT2D eigenvalue weighted by Crippen LogP contribution is -2.01. The Morgan fingerprint density at radius 3 is 1.89 bits per heavy atom. The second-order valence-electron chi connectivity index (χ2n) is 1.93. The second-order valence-corrected chi connectivity index (χ2v) is 1.93. The van der Waals surface area contributed by atoms with Crippen molar-refractivity contribution in [1.82, 2.24) is 0 Å². The summed E-state index contributed by atoms with van der Waals surface area (Å²) < 4.78 is 4.94. The first-order chi connectivity index (χ1) is 4.23. The molecule has 0 spiro atoms. The Morgan fingerprint density at radius 1 is 1.44 bits per heavy atom. The van der Waals surface area contributed by atoms with Crippen LogP contribution in [0.25, 0.3) is 0 Å². The van der Waals surface area contributed by atoms with Crippen LogP contribution in [-0.2, 0) is 9.53 Å². The topological polar surface area (TPSA) is 52.3 Å². The summed E-state index contributed by atoms with van der Waals surface area (Å²) >= 11 is 0. The number of rotatable bonds is 0. The van der Waals surface area contributed by atoms with Gasteiger partial charge in [0.2, 0.25) is 5.91 Å². The van der Waals surface area contributed by atoms with Crippen LogP contribution >= 0.6 is 0 Å². The molecule has 1 aliphatic rings. The van der Waals surface area contributed by atoms with Gasteiger partial charge in [0.1, 0.15) is 0 Å². The minimum Gasteiger partial charge on any atom is -0.381 e. The van der Waals surface area contributed by atoms with Gasteiger partial charge in [-0.3, -0.25) is 4.79 Å². The van der Waals surface area contributed by atoms with E-state index in [1.54, 1.807) is 0 Å². The van der Waals surface area contributed by atoms with E-state index in [0.29, 0.717) is 0 Å². The molecule has 2 N–H and O–H groups in total. The fourth-order valence-electron chi connectivity index (χ4n) is 0.510. The highest BCUT2D eigenvalue weighted by molar-refractivity contribution is 5.70. The lowest BCUT2D eigenvalue weighted by molar-refractivity contribution is -0.115. The maximum absolute atomic E-state index is 9.22. The molecule has 0 radical (unpaired) electrons. The van der Waals surface area contributed by atoms with Crippen molar-refractivity contribution in [3.63, 3.8) is 0 Å². The summed E-state index contributed by atoms with van der Waals surface area (Å²) in [7, 11) is 0. The third-order valence-corrected chi connectivity index (χ3v) is 0.827. The zero-order valence-electron chi connectivity index (χ0n) is 5.72. The summed E-state index contributed by atoms with van der Waals surface area (Å²) in [5.41, 5.74) is 4.47. The summed E-state index contributed by atoms with van der Waals surface area (Å²) in [6.45, 7) is 3.31. The van der Waals surface area contributed by atoms with Gasteiger partial charge in [-0.1, -0.05) is 0 Å². The van der Waals surface area contributed by atoms with Crippen LogP contribution in [0.2, 0.25) is 0 Å². The molecule has 0 bridgehead atoms. The molecule has 0 saturated carbocycles. The van der Waals surface area contributed by atoms with E-state index in [2.05, 4.69) is 5.73 Å². The Balaban J connectivity index is 0.000000148. The van der Waals surface area contributed by atoms with Gasteiger partial charge in [-0.05, 0) is 12.8 Å². The molecule has 0 aliphatic carbocycles. The van der Waals surface area contributed by atoms with Crippen molar-refractivity contribution in [3.05, 3.63) is 0 Å². The van der Waals surface area contributed by atoms with E-state index in [4.69, 9.17) is 4.74 Å². The molecule has 54 valence electrons. The molecular weight excluding hydrogens is 118 g/mol. The number of hydrogen-bond donors (Lipinski definition) is 1. The standard InChI is InChI=1S/C4H8O.C2H5NO/c1-2-4-5-3-1;1-2(3)4/h1-4H2;1H3,(H2,3,4). The Hall–Kier alpha value is -0.570. The number of ether oxygens (including phenoxy) is 1. The molecule has 3 heteroatoms. The van der Waals surface area contributed by atoms with E-state index >= 15 is 0 Å². The van der Waals surface area contributed by atoms with Crippen LogP contribution in [0.5, 0.6) is 0 Å². The molecule has 1 saturated heterocycles. The normalized spacial score (nSPS) is 16.1. The fourth-order valence-corrected chi connectivity index (χ4v) is 0.510. The van der Waals surface area contributed by atoms with Crippen LogP contribution in [0.3, 0.4) is 0 Å². The molecule has 0 unspecified atom stereocenters. The molecule has 1 rings (SSSR count). The van der Waals surface area contributed by atoms with Crippen molar-refractivity contribution in [3.8, 4) is 0 Å². The Labute approximate surface area is 55.2 Å². The minimum atomic E-state index is -0.333. The summed E-state index contributed by atoms with van der Waals surface area (Å²) in [4.78, 5) is 9.22. The zero-order valence-corrected chi connectivity index (χ0v) is 5.72. The molecule has 3 nitrogen and oxygen atoms in total. The van der Waals surface area contributed by atoms with Gasteiger partial charge in [0.05, 0.1) is 0 Å². The molecular formula is C6H13NO2. The fraction of sp³-hybridized carbons (Fsp3) is 0.833. The highest BCUT2D eigenvalue weighted by atomic mass is 16.5. The summed E-state index contributed by atoms with van der Waals surface area (Å²) in [5.74, 6) is -0.333. The van der Waals surface area contributed by atoms with Gasteiger partial charge < -0.3 is 10.5 Å². The van der Waals surface area contributed by atoms with E-state index in [-0.39, 0.29) is 5.91 Å². The second kappa shape index (κ2) is 5.56. The van der Waals surface area contributed by atoms with E-state index < -0.39 is 0 Å². The third-order valence-electron chi connectivity index (χ3n) is 0.827. The molecule has 0 aromatic carbocycles. The first kappa shape index (κ1) is 8.43. The minimum absolute atomic E-state index is 0.333. The van der Waals surface area contributed by atoms with Gasteiger partial charge in [0, 0.05) is 20.1 Å². The maximum Gasteiger partial charge on any atom is 0.214 e. The smallest absolute Gasteiger partial charge is 0.214 e. The number of carbonyl (C=O) groups excluding carboxylic acids is 1. The van der Waals surface area contributed by atoms with Crippen molar-refractivity contribution < 1.29 is 9.53 Å². The van der Waals surface area contributed by atoms with E-state index in [9.17, 15) is 4.79 Å². The van der Waals surface area contributed by atoms with Crippen molar-refractivity contribution in [2.75, 3.05) is 13.2 Å². The monoisotopic (exact) mass is 131 g/mol. The van der Waals surface area contributed by atoms with Crippen LogP contribution < -0.4 is 5.73 Å². The Kier molecular flexibility index (Phi) is 5.21. The average Bonchev–Trinajstić information content (AvgIpc) is 2.11. The largest absolute Gasteiger partial charge is 0.381 e. The Bertz CT molecular complexity index is 67.5. The molecule has 0 aromatic rings. The number of amides is 1. The number of carbonyl (C=O) groups is 1. The SMILES string of the molecule is C1CCOC1.CC(N)=O. The molecule has 0 aromatic heterocycles. The summed E-state index contributed by atoms with van der Waals surface area (Å²) in [5, 5.41) is 0. The maximum atomic E-state index is 9.22. The van der Waals surface area contributed by atoms with Gasteiger partial charge in [-0.2, -0.15) is 0 Å². The van der Waals surface area contributed by atoms with Crippen LogP contribution in [-0.4, -0.2) is 19.1 Å². The van der Waals surface area contributed by atoms with Crippen LogP contribution in [0.1, 0.15) is 19.8 Å². The first-order valence-electron chi connectivity index (χ1n) is 3.07. The third kappa shape index (κ3) is 11.2. The van der Waals surface area contributed by atoms with E-state index in [1.807, 2.05) is 0 Å². The van der Waals surface area contributed by atoms with Gasteiger partial charge >= 0.3 is 0 Å². The van der Waals surface area contributed by atoms with Gasteiger partial charge in [-0.15, -0.1) is 0 Å². The Morgan fingerprint density at radius 2 is 1.78 bits per heavy atom.